The zero-order valence-electron chi connectivity index (χ0n) is 15.5. The first-order chi connectivity index (χ1) is 11.7. The van der Waals surface area contributed by atoms with Gasteiger partial charge in [0, 0.05) is 12.0 Å². The lowest BCUT2D eigenvalue weighted by Gasteiger charge is -2.22. The van der Waals surface area contributed by atoms with Gasteiger partial charge in [-0.2, -0.15) is 0 Å². The third-order valence-corrected chi connectivity index (χ3v) is 3.95. The smallest absolute Gasteiger partial charge is 0.163 e. The van der Waals surface area contributed by atoms with Gasteiger partial charge in [-0.15, -0.1) is 0 Å². The Labute approximate surface area is 150 Å². The lowest BCUT2D eigenvalue weighted by Crippen LogP contribution is -2.14. The highest BCUT2D eigenvalue weighted by atomic mass is 19.1. The molecule has 0 saturated heterocycles. The molecular formula is C22H27FO2. The third-order valence-electron chi connectivity index (χ3n) is 3.95. The van der Waals surface area contributed by atoms with E-state index in [-0.39, 0.29) is 23.6 Å². The predicted molar refractivity (Wildman–Crippen MR) is 99.4 cm³/mol. The van der Waals surface area contributed by atoms with Gasteiger partial charge in [-0.25, -0.2) is 4.39 Å². The number of ketones is 1. The van der Waals surface area contributed by atoms with Crippen molar-refractivity contribution in [1.29, 1.82) is 0 Å². The molecule has 134 valence electrons. The molecule has 0 radical (unpaired) electrons. The average Bonchev–Trinajstić information content (AvgIpc) is 2.51. The minimum absolute atomic E-state index is 0.132. The van der Waals surface area contributed by atoms with E-state index in [4.69, 9.17) is 4.74 Å². The summed E-state index contributed by atoms with van der Waals surface area (Å²) < 4.78 is 18.9. The molecule has 0 aliphatic carbocycles. The monoisotopic (exact) mass is 342 g/mol. The molecule has 2 aromatic rings. The van der Waals surface area contributed by atoms with Crippen molar-refractivity contribution in [3.8, 4) is 5.75 Å². The minimum atomic E-state index is -0.280. The van der Waals surface area contributed by atoms with E-state index in [0.29, 0.717) is 23.7 Å². The van der Waals surface area contributed by atoms with Crippen molar-refractivity contribution in [1.82, 2.24) is 0 Å². The Morgan fingerprint density at radius 1 is 1.12 bits per heavy atom. The minimum Gasteiger partial charge on any atom is -0.489 e. The Morgan fingerprint density at radius 3 is 2.52 bits per heavy atom. The van der Waals surface area contributed by atoms with E-state index >= 15 is 0 Å². The van der Waals surface area contributed by atoms with Gasteiger partial charge in [0.1, 0.15) is 18.2 Å². The van der Waals surface area contributed by atoms with Crippen molar-refractivity contribution in [3.05, 3.63) is 65.5 Å². The molecule has 0 aliphatic heterocycles. The molecule has 3 heteroatoms. The van der Waals surface area contributed by atoms with Crippen LogP contribution in [0.4, 0.5) is 4.39 Å². The lowest BCUT2D eigenvalue weighted by atomic mass is 9.83. The van der Waals surface area contributed by atoms with Gasteiger partial charge in [-0.1, -0.05) is 52.0 Å². The van der Waals surface area contributed by atoms with Crippen molar-refractivity contribution < 1.29 is 13.9 Å². The van der Waals surface area contributed by atoms with Gasteiger partial charge in [-0.3, -0.25) is 4.79 Å². The number of Topliss-reactive ketones (excluding diaryl/α,β-unsaturated/α-hetero) is 1. The second-order valence-electron chi connectivity index (χ2n) is 7.94. The van der Waals surface area contributed by atoms with Crippen LogP contribution in [-0.4, -0.2) is 5.78 Å². The van der Waals surface area contributed by atoms with Crippen LogP contribution in [0, 0.1) is 17.2 Å². The van der Waals surface area contributed by atoms with Crippen LogP contribution in [0.15, 0.2) is 48.5 Å². The maximum Gasteiger partial charge on any atom is 0.163 e. The third kappa shape index (κ3) is 6.69. The Bertz CT molecular complexity index is 716. The summed E-state index contributed by atoms with van der Waals surface area (Å²) in [5.41, 5.74) is 1.64. The number of carbonyl (C=O) groups is 1. The van der Waals surface area contributed by atoms with E-state index < -0.39 is 0 Å². The molecule has 1 atom stereocenters. The number of benzene rings is 2. The van der Waals surface area contributed by atoms with Gasteiger partial charge >= 0.3 is 0 Å². The zero-order valence-corrected chi connectivity index (χ0v) is 15.5. The summed E-state index contributed by atoms with van der Waals surface area (Å²) in [7, 11) is 0. The molecule has 0 N–H and O–H groups in total. The number of hydrogen-bond donors (Lipinski definition) is 0. The first-order valence-electron chi connectivity index (χ1n) is 8.73. The zero-order chi connectivity index (χ0) is 18.4. The van der Waals surface area contributed by atoms with Gasteiger partial charge in [-0.05, 0) is 47.6 Å². The fraction of sp³-hybridized carbons (Fsp3) is 0.409. The largest absolute Gasteiger partial charge is 0.489 e. The topological polar surface area (TPSA) is 26.3 Å². The maximum absolute atomic E-state index is 13.2. The van der Waals surface area contributed by atoms with E-state index in [1.54, 1.807) is 12.1 Å². The van der Waals surface area contributed by atoms with Crippen LogP contribution in [0.1, 0.15) is 56.5 Å². The molecule has 2 nitrogen and oxygen atoms in total. The maximum atomic E-state index is 13.2. The van der Waals surface area contributed by atoms with E-state index in [2.05, 4.69) is 27.7 Å². The molecule has 0 saturated carbocycles. The number of rotatable bonds is 7. The van der Waals surface area contributed by atoms with E-state index in [1.165, 1.54) is 12.1 Å². The summed E-state index contributed by atoms with van der Waals surface area (Å²) in [6.45, 7) is 8.96. The highest BCUT2D eigenvalue weighted by molar-refractivity contribution is 5.96. The van der Waals surface area contributed by atoms with Crippen molar-refractivity contribution >= 4 is 5.78 Å². The van der Waals surface area contributed by atoms with Crippen LogP contribution in [0.3, 0.4) is 0 Å². The average molecular weight is 342 g/mol. The Morgan fingerprint density at radius 2 is 1.84 bits per heavy atom. The highest BCUT2D eigenvalue weighted by Crippen LogP contribution is 2.27. The summed E-state index contributed by atoms with van der Waals surface area (Å²) in [5, 5.41) is 0. The molecule has 2 aromatic carbocycles. The predicted octanol–water partition coefficient (Wildman–Crippen LogP) is 6.05. The van der Waals surface area contributed by atoms with Gasteiger partial charge in [0.05, 0.1) is 0 Å². The summed E-state index contributed by atoms with van der Waals surface area (Å²) in [6.07, 6.45) is 1.54. The molecular weight excluding hydrogens is 315 g/mol. The van der Waals surface area contributed by atoms with Crippen LogP contribution in [0.2, 0.25) is 0 Å². The van der Waals surface area contributed by atoms with E-state index in [1.807, 2.05) is 24.3 Å². The Kier molecular flexibility index (Phi) is 6.35. The van der Waals surface area contributed by atoms with Crippen molar-refractivity contribution in [3.63, 3.8) is 0 Å². The molecule has 0 aromatic heterocycles. The molecule has 0 spiro atoms. The molecule has 0 aliphatic rings. The van der Waals surface area contributed by atoms with Crippen molar-refractivity contribution in [2.24, 2.45) is 11.3 Å². The quantitative estimate of drug-likeness (QED) is 0.573. The number of halogens is 1. The standard InChI is InChI=1S/C22H27FO2/c1-16(14-22(2,3)4)11-21(24)18-8-6-10-20(13-18)25-15-17-7-5-9-19(23)12-17/h5-10,12-13,16H,11,14-15H2,1-4H3. The summed E-state index contributed by atoms with van der Waals surface area (Å²) in [4.78, 5) is 12.5. The summed E-state index contributed by atoms with van der Waals surface area (Å²) >= 11 is 0. The summed E-state index contributed by atoms with van der Waals surface area (Å²) in [6, 6.07) is 13.5. The SMILES string of the molecule is CC(CC(=O)c1cccc(OCc2cccc(F)c2)c1)CC(C)(C)C. The van der Waals surface area contributed by atoms with E-state index in [0.717, 1.165) is 12.0 Å². The lowest BCUT2D eigenvalue weighted by molar-refractivity contribution is 0.0954. The van der Waals surface area contributed by atoms with Gasteiger partial charge in [0.25, 0.3) is 0 Å². The summed E-state index contributed by atoms with van der Waals surface area (Å²) in [5.74, 6) is 0.814. The fourth-order valence-electron chi connectivity index (χ4n) is 3.10. The molecule has 0 heterocycles. The molecule has 0 fully saturated rings. The van der Waals surface area contributed by atoms with Crippen LogP contribution >= 0.6 is 0 Å². The number of carbonyl (C=O) groups excluding carboxylic acids is 1. The Hall–Kier alpha value is -2.16. The van der Waals surface area contributed by atoms with Crippen LogP contribution in [-0.2, 0) is 6.61 Å². The first-order valence-corrected chi connectivity index (χ1v) is 8.73. The molecule has 0 bridgehead atoms. The van der Waals surface area contributed by atoms with Crippen LogP contribution in [0.5, 0.6) is 5.75 Å². The molecule has 2 rings (SSSR count). The van der Waals surface area contributed by atoms with Crippen LogP contribution in [0.25, 0.3) is 0 Å². The Balaban J connectivity index is 1.97. The van der Waals surface area contributed by atoms with Crippen LogP contribution < -0.4 is 4.74 Å². The molecule has 1 unspecified atom stereocenters. The van der Waals surface area contributed by atoms with Crippen molar-refractivity contribution in [2.75, 3.05) is 0 Å². The van der Waals surface area contributed by atoms with E-state index in [9.17, 15) is 9.18 Å². The van der Waals surface area contributed by atoms with Gasteiger partial charge in [0.2, 0.25) is 0 Å². The fourth-order valence-corrected chi connectivity index (χ4v) is 3.10. The van der Waals surface area contributed by atoms with Gasteiger partial charge < -0.3 is 4.74 Å². The number of ether oxygens (including phenoxy) is 1. The van der Waals surface area contributed by atoms with Gasteiger partial charge in [0.15, 0.2) is 5.78 Å². The highest BCUT2D eigenvalue weighted by Gasteiger charge is 2.18. The van der Waals surface area contributed by atoms with Crippen molar-refractivity contribution in [2.45, 2.75) is 47.1 Å². The molecule has 0 amide bonds. The molecule has 25 heavy (non-hydrogen) atoms. The normalized spacial score (nSPS) is 12.7. The second-order valence-corrected chi connectivity index (χ2v) is 7.94. The number of hydrogen-bond acceptors (Lipinski definition) is 2. The second kappa shape index (κ2) is 8.28. The first kappa shape index (κ1) is 19.2.